The van der Waals surface area contributed by atoms with Gasteiger partial charge in [-0.25, -0.2) is 4.98 Å². The van der Waals surface area contributed by atoms with Gasteiger partial charge in [0.15, 0.2) is 0 Å². The van der Waals surface area contributed by atoms with Crippen LogP contribution in [-0.2, 0) is 17.6 Å². The second-order valence-electron chi connectivity index (χ2n) is 4.73. The molecule has 0 aliphatic heterocycles. The molecule has 1 saturated carbocycles. The molecule has 104 valence electrons. The Balaban J connectivity index is 1.77. The highest BCUT2D eigenvalue weighted by molar-refractivity contribution is 5.80. The maximum Gasteiger partial charge on any atom is 0.243 e. The van der Waals surface area contributed by atoms with Gasteiger partial charge >= 0.3 is 0 Å². The number of carbonyl (C=O) groups excluding carboxylic acids is 1. The number of aromatic nitrogens is 3. The van der Waals surface area contributed by atoms with Gasteiger partial charge in [-0.15, -0.1) is 5.10 Å². The molecule has 1 aliphatic rings. The predicted octanol–water partition coefficient (Wildman–Crippen LogP) is 0.934. The van der Waals surface area contributed by atoms with Crippen LogP contribution in [0.15, 0.2) is 0 Å². The number of nitrogens with zero attached hydrogens (tertiary/aromatic N) is 3. The molecule has 2 rings (SSSR count). The van der Waals surface area contributed by atoms with E-state index < -0.39 is 0 Å². The summed E-state index contributed by atoms with van der Waals surface area (Å²) in [4.78, 5) is 15.8. The summed E-state index contributed by atoms with van der Waals surface area (Å²) in [6.07, 6.45) is 3.77. The molecule has 0 radical (unpaired) electrons. The molecule has 1 fully saturated rings. The molecule has 0 saturated heterocycles. The summed E-state index contributed by atoms with van der Waals surface area (Å²) >= 11 is 0. The lowest BCUT2D eigenvalue weighted by molar-refractivity contribution is -0.122. The summed E-state index contributed by atoms with van der Waals surface area (Å²) in [5.74, 6) is 0.958. The van der Waals surface area contributed by atoms with E-state index in [1.54, 1.807) is 0 Å². The second kappa shape index (κ2) is 6.45. The summed E-state index contributed by atoms with van der Waals surface area (Å²) < 4.78 is 0. The summed E-state index contributed by atoms with van der Waals surface area (Å²) in [7, 11) is 0. The van der Waals surface area contributed by atoms with Gasteiger partial charge in [0.2, 0.25) is 11.9 Å². The SMILES string of the molecule is CCc1nnc(NCCNC(=O)C2CC2)nc1CC. The molecule has 6 heteroatoms. The highest BCUT2D eigenvalue weighted by Crippen LogP contribution is 2.28. The van der Waals surface area contributed by atoms with Gasteiger partial charge in [-0.3, -0.25) is 4.79 Å². The van der Waals surface area contributed by atoms with Crippen molar-refractivity contribution in [3.8, 4) is 0 Å². The Bertz CT molecular complexity index is 445. The third-order valence-corrected chi connectivity index (χ3v) is 3.16. The van der Waals surface area contributed by atoms with Crippen LogP contribution in [-0.4, -0.2) is 34.2 Å². The number of anilines is 1. The van der Waals surface area contributed by atoms with E-state index in [4.69, 9.17) is 0 Å². The van der Waals surface area contributed by atoms with Crippen LogP contribution in [0.2, 0.25) is 0 Å². The number of aryl methyl sites for hydroxylation is 2. The first-order chi connectivity index (χ1) is 9.24. The molecular weight excluding hydrogens is 242 g/mol. The molecular formula is C13H21N5O. The summed E-state index contributed by atoms with van der Waals surface area (Å²) in [5, 5.41) is 14.2. The standard InChI is InChI=1S/C13H21N5O/c1-3-10-11(4-2)17-18-13(16-10)15-8-7-14-12(19)9-5-6-9/h9H,3-8H2,1-2H3,(H,14,19)(H,15,16,18). The Kier molecular flexibility index (Phi) is 4.65. The van der Waals surface area contributed by atoms with Gasteiger partial charge in [0, 0.05) is 19.0 Å². The summed E-state index contributed by atoms with van der Waals surface area (Å²) in [6, 6.07) is 0. The molecule has 0 aromatic carbocycles. The summed E-state index contributed by atoms with van der Waals surface area (Å²) in [6.45, 7) is 5.32. The zero-order valence-electron chi connectivity index (χ0n) is 11.6. The Morgan fingerprint density at radius 2 is 1.89 bits per heavy atom. The van der Waals surface area contributed by atoms with Crippen LogP contribution in [0, 0.1) is 5.92 Å². The van der Waals surface area contributed by atoms with Crippen molar-refractivity contribution in [3.63, 3.8) is 0 Å². The minimum atomic E-state index is 0.163. The smallest absolute Gasteiger partial charge is 0.243 e. The van der Waals surface area contributed by atoms with Crippen LogP contribution in [0.5, 0.6) is 0 Å². The molecule has 1 aromatic heterocycles. The number of amides is 1. The van der Waals surface area contributed by atoms with Gasteiger partial charge in [-0.2, -0.15) is 5.10 Å². The third-order valence-electron chi connectivity index (χ3n) is 3.16. The van der Waals surface area contributed by atoms with Gasteiger partial charge in [0.1, 0.15) is 0 Å². The first-order valence-electron chi connectivity index (χ1n) is 6.98. The van der Waals surface area contributed by atoms with E-state index in [1.165, 1.54) is 0 Å². The minimum Gasteiger partial charge on any atom is -0.354 e. The molecule has 0 bridgehead atoms. The lowest BCUT2D eigenvalue weighted by atomic mass is 10.2. The highest BCUT2D eigenvalue weighted by atomic mass is 16.2. The maximum atomic E-state index is 11.4. The Hall–Kier alpha value is -1.72. The highest BCUT2D eigenvalue weighted by Gasteiger charge is 2.28. The average Bonchev–Trinajstić information content (AvgIpc) is 3.27. The Morgan fingerprint density at radius 3 is 2.53 bits per heavy atom. The third kappa shape index (κ3) is 3.87. The van der Waals surface area contributed by atoms with E-state index in [2.05, 4.69) is 32.7 Å². The second-order valence-corrected chi connectivity index (χ2v) is 4.73. The number of rotatable bonds is 7. The average molecular weight is 263 g/mol. The molecule has 1 amide bonds. The first-order valence-corrected chi connectivity index (χ1v) is 6.98. The molecule has 0 atom stereocenters. The molecule has 1 aliphatic carbocycles. The number of nitrogens with one attached hydrogen (secondary N) is 2. The van der Waals surface area contributed by atoms with Crippen molar-refractivity contribution < 1.29 is 4.79 Å². The Morgan fingerprint density at radius 1 is 1.16 bits per heavy atom. The molecule has 19 heavy (non-hydrogen) atoms. The van der Waals surface area contributed by atoms with Crippen molar-refractivity contribution in [2.24, 2.45) is 5.92 Å². The molecule has 1 aromatic rings. The van der Waals surface area contributed by atoms with Gasteiger partial charge in [0.25, 0.3) is 0 Å². The van der Waals surface area contributed by atoms with Crippen LogP contribution in [0.4, 0.5) is 5.95 Å². The quantitative estimate of drug-likeness (QED) is 0.716. The fourth-order valence-corrected chi connectivity index (χ4v) is 1.86. The fourth-order valence-electron chi connectivity index (χ4n) is 1.86. The van der Waals surface area contributed by atoms with E-state index in [9.17, 15) is 4.79 Å². The van der Waals surface area contributed by atoms with Crippen LogP contribution < -0.4 is 10.6 Å². The van der Waals surface area contributed by atoms with E-state index >= 15 is 0 Å². The minimum absolute atomic E-state index is 0.163. The van der Waals surface area contributed by atoms with Crippen molar-refractivity contribution >= 4 is 11.9 Å². The lowest BCUT2D eigenvalue weighted by Crippen LogP contribution is -2.30. The van der Waals surface area contributed by atoms with Gasteiger partial charge in [0.05, 0.1) is 11.4 Å². The summed E-state index contributed by atoms with van der Waals surface area (Å²) in [5.41, 5.74) is 1.94. The van der Waals surface area contributed by atoms with Crippen molar-refractivity contribution in [3.05, 3.63) is 11.4 Å². The number of carbonyl (C=O) groups is 1. The number of hydrogen-bond donors (Lipinski definition) is 2. The van der Waals surface area contributed by atoms with Crippen molar-refractivity contribution in [1.29, 1.82) is 0 Å². The van der Waals surface area contributed by atoms with Crippen molar-refractivity contribution in [2.45, 2.75) is 39.5 Å². The predicted molar refractivity (Wildman–Crippen MR) is 72.8 cm³/mol. The van der Waals surface area contributed by atoms with Crippen LogP contribution in [0.3, 0.4) is 0 Å². The molecule has 6 nitrogen and oxygen atoms in total. The zero-order chi connectivity index (χ0) is 13.7. The normalized spacial score (nSPS) is 14.2. The molecule has 2 N–H and O–H groups in total. The van der Waals surface area contributed by atoms with Gasteiger partial charge in [-0.05, 0) is 25.7 Å². The fraction of sp³-hybridized carbons (Fsp3) is 0.692. The van der Waals surface area contributed by atoms with Crippen LogP contribution in [0.1, 0.15) is 38.1 Å². The Labute approximate surface area is 113 Å². The van der Waals surface area contributed by atoms with Crippen molar-refractivity contribution in [2.75, 3.05) is 18.4 Å². The maximum absolute atomic E-state index is 11.4. The molecule has 1 heterocycles. The monoisotopic (exact) mass is 263 g/mol. The van der Waals surface area contributed by atoms with E-state index in [1.807, 2.05) is 6.92 Å². The number of hydrogen-bond acceptors (Lipinski definition) is 5. The van der Waals surface area contributed by atoms with E-state index in [-0.39, 0.29) is 11.8 Å². The molecule has 0 unspecified atom stereocenters. The largest absolute Gasteiger partial charge is 0.354 e. The van der Waals surface area contributed by atoms with E-state index in [0.29, 0.717) is 19.0 Å². The van der Waals surface area contributed by atoms with Crippen LogP contribution >= 0.6 is 0 Å². The molecule has 0 spiro atoms. The lowest BCUT2D eigenvalue weighted by Gasteiger charge is -2.08. The topological polar surface area (TPSA) is 79.8 Å². The van der Waals surface area contributed by atoms with Gasteiger partial charge < -0.3 is 10.6 Å². The van der Waals surface area contributed by atoms with Gasteiger partial charge in [-0.1, -0.05) is 13.8 Å². The van der Waals surface area contributed by atoms with Crippen LogP contribution in [0.25, 0.3) is 0 Å². The van der Waals surface area contributed by atoms with E-state index in [0.717, 1.165) is 37.1 Å². The zero-order valence-corrected chi connectivity index (χ0v) is 11.6. The van der Waals surface area contributed by atoms with Crippen molar-refractivity contribution in [1.82, 2.24) is 20.5 Å². The first kappa shape index (κ1) is 13.7.